The van der Waals surface area contributed by atoms with Crippen LogP contribution >= 0.6 is 11.8 Å². The third-order valence-corrected chi connectivity index (χ3v) is 7.17. The van der Waals surface area contributed by atoms with Gasteiger partial charge in [0.15, 0.2) is 0 Å². The van der Waals surface area contributed by atoms with Gasteiger partial charge in [-0.05, 0) is 55.8 Å². The number of carbonyl (C=O) groups excluding carboxylic acids is 2. The average molecular weight is 497 g/mol. The first-order valence-electron chi connectivity index (χ1n) is 11.4. The standard InChI is InChI=1S/C25H25FN4O4S/c1-33-16-5-6-21-18(10-16)19(20(26)12-28-21)11-27-8-2-3-17-13-30(25(32)34-17)15-4-7-23-22(9-15)29-24(31)14-35-23/h4-7,9-10,12,17,27H,2-3,8,11,13-14H2,1H3,(H,29,31)/t17-/m0/s1. The van der Waals surface area contributed by atoms with Crippen LogP contribution in [0.1, 0.15) is 18.4 Å². The zero-order valence-corrected chi connectivity index (χ0v) is 20.0. The molecule has 1 aromatic heterocycles. The summed E-state index contributed by atoms with van der Waals surface area (Å²) in [7, 11) is 1.57. The van der Waals surface area contributed by atoms with E-state index in [4.69, 9.17) is 9.47 Å². The number of anilines is 2. The molecule has 0 radical (unpaired) electrons. The van der Waals surface area contributed by atoms with Crippen LogP contribution in [0.25, 0.3) is 10.9 Å². The molecule has 0 bridgehead atoms. The van der Waals surface area contributed by atoms with Crippen molar-refractivity contribution in [2.24, 2.45) is 0 Å². The molecule has 182 valence electrons. The SMILES string of the molecule is COc1ccc2ncc(F)c(CNCCC[C@H]3CN(c4ccc5c(c4)NC(=O)CS5)C(=O)O3)c2c1. The largest absolute Gasteiger partial charge is 0.497 e. The first-order chi connectivity index (χ1) is 17.0. The fourth-order valence-electron chi connectivity index (χ4n) is 4.30. The Hall–Kier alpha value is -3.37. The van der Waals surface area contributed by atoms with Crippen LogP contribution in [0.2, 0.25) is 0 Å². The van der Waals surface area contributed by atoms with Crippen LogP contribution in [-0.4, -0.2) is 49.0 Å². The highest BCUT2D eigenvalue weighted by atomic mass is 32.2. The van der Waals surface area contributed by atoms with Gasteiger partial charge in [-0.25, -0.2) is 9.18 Å². The van der Waals surface area contributed by atoms with E-state index in [-0.39, 0.29) is 17.8 Å². The molecule has 35 heavy (non-hydrogen) atoms. The maximum Gasteiger partial charge on any atom is 0.414 e. The minimum absolute atomic E-state index is 0.0483. The number of aromatic nitrogens is 1. The van der Waals surface area contributed by atoms with Gasteiger partial charge in [0.1, 0.15) is 17.7 Å². The lowest BCUT2D eigenvalue weighted by Crippen LogP contribution is -2.25. The first kappa shape index (κ1) is 23.4. The molecule has 3 heterocycles. The minimum Gasteiger partial charge on any atom is -0.497 e. The van der Waals surface area contributed by atoms with Gasteiger partial charge in [-0.3, -0.25) is 14.7 Å². The predicted molar refractivity (Wildman–Crippen MR) is 133 cm³/mol. The molecule has 5 rings (SSSR count). The van der Waals surface area contributed by atoms with Crippen molar-refractivity contribution in [1.29, 1.82) is 0 Å². The molecule has 0 aliphatic carbocycles. The molecule has 0 unspecified atom stereocenters. The number of cyclic esters (lactones) is 1. The van der Waals surface area contributed by atoms with Gasteiger partial charge in [0.2, 0.25) is 5.91 Å². The summed E-state index contributed by atoms with van der Waals surface area (Å²) in [6.07, 6.45) is 2.06. The summed E-state index contributed by atoms with van der Waals surface area (Å²) in [5, 5.41) is 6.85. The molecule has 2 aliphatic rings. The maximum absolute atomic E-state index is 14.5. The third kappa shape index (κ3) is 5.03. The van der Waals surface area contributed by atoms with E-state index in [1.165, 1.54) is 18.0 Å². The van der Waals surface area contributed by atoms with E-state index >= 15 is 0 Å². The summed E-state index contributed by atoms with van der Waals surface area (Å²) in [6.45, 7) is 1.44. The van der Waals surface area contributed by atoms with Crippen LogP contribution in [0.3, 0.4) is 0 Å². The number of nitrogens with zero attached hydrogens (tertiary/aromatic N) is 2. The lowest BCUT2D eigenvalue weighted by atomic mass is 10.1. The van der Waals surface area contributed by atoms with E-state index in [0.29, 0.717) is 54.3 Å². The topological polar surface area (TPSA) is 92.8 Å². The number of pyridine rings is 1. The minimum atomic E-state index is -0.392. The highest BCUT2D eigenvalue weighted by Crippen LogP contribution is 2.35. The van der Waals surface area contributed by atoms with E-state index in [9.17, 15) is 14.0 Å². The summed E-state index contributed by atoms with van der Waals surface area (Å²) in [6, 6.07) is 11.0. The molecule has 2 aromatic carbocycles. The van der Waals surface area contributed by atoms with E-state index in [0.717, 1.165) is 22.4 Å². The summed E-state index contributed by atoms with van der Waals surface area (Å²) in [4.78, 5) is 30.8. The average Bonchev–Trinajstić information content (AvgIpc) is 3.24. The summed E-state index contributed by atoms with van der Waals surface area (Å²) >= 11 is 1.48. The normalized spacial score (nSPS) is 17.3. The second-order valence-corrected chi connectivity index (χ2v) is 9.44. The quantitative estimate of drug-likeness (QED) is 0.449. The van der Waals surface area contributed by atoms with Crippen LogP contribution < -0.4 is 20.3 Å². The third-order valence-electron chi connectivity index (χ3n) is 6.10. The molecule has 2 aliphatic heterocycles. The van der Waals surface area contributed by atoms with Crippen molar-refractivity contribution in [1.82, 2.24) is 10.3 Å². The van der Waals surface area contributed by atoms with E-state index < -0.39 is 6.09 Å². The van der Waals surface area contributed by atoms with Crippen LogP contribution in [0.15, 0.2) is 47.5 Å². The number of methoxy groups -OCH3 is 1. The number of hydrogen-bond acceptors (Lipinski definition) is 7. The second-order valence-electron chi connectivity index (χ2n) is 8.42. The Morgan fingerprint density at radius 1 is 1.29 bits per heavy atom. The number of rotatable bonds is 8. The van der Waals surface area contributed by atoms with Gasteiger partial charge < -0.3 is 20.1 Å². The fourth-order valence-corrected chi connectivity index (χ4v) is 5.09. The smallest absolute Gasteiger partial charge is 0.414 e. The molecule has 10 heteroatoms. The number of amides is 2. The Morgan fingerprint density at radius 2 is 2.17 bits per heavy atom. The van der Waals surface area contributed by atoms with Crippen molar-refractivity contribution in [3.8, 4) is 5.75 Å². The van der Waals surface area contributed by atoms with Gasteiger partial charge in [0.25, 0.3) is 0 Å². The zero-order chi connectivity index (χ0) is 24.4. The van der Waals surface area contributed by atoms with Crippen LogP contribution in [0, 0.1) is 5.82 Å². The molecular formula is C25H25FN4O4S. The molecule has 8 nitrogen and oxygen atoms in total. The van der Waals surface area contributed by atoms with Crippen molar-refractivity contribution in [2.45, 2.75) is 30.4 Å². The highest BCUT2D eigenvalue weighted by molar-refractivity contribution is 8.00. The molecule has 2 amide bonds. The Bertz CT molecular complexity index is 1290. The Kier molecular flexibility index (Phi) is 6.74. The lowest BCUT2D eigenvalue weighted by molar-refractivity contribution is -0.113. The Labute approximate surface area is 206 Å². The zero-order valence-electron chi connectivity index (χ0n) is 19.2. The number of nitrogens with one attached hydrogen (secondary N) is 2. The molecular weight excluding hydrogens is 471 g/mol. The Morgan fingerprint density at radius 3 is 3.03 bits per heavy atom. The molecule has 1 atom stereocenters. The van der Waals surface area contributed by atoms with Crippen LogP contribution in [0.5, 0.6) is 5.75 Å². The molecule has 1 saturated heterocycles. The Balaban J connectivity index is 1.14. The van der Waals surface area contributed by atoms with Crippen LogP contribution in [0.4, 0.5) is 20.6 Å². The number of fused-ring (bicyclic) bond motifs is 2. The maximum atomic E-state index is 14.5. The highest BCUT2D eigenvalue weighted by Gasteiger charge is 2.32. The molecule has 0 saturated carbocycles. The van der Waals surface area contributed by atoms with Gasteiger partial charge in [-0.15, -0.1) is 11.8 Å². The molecule has 2 N–H and O–H groups in total. The summed E-state index contributed by atoms with van der Waals surface area (Å²) in [5.74, 6) is 0.636. The van der Waals surface area contributed by atoms with Crippen molar-refractivity contribution >= 4 is 46.0 Å². The molecule has 0 spiro atoms. The lowest BCUT2D eigenvalue weighted by Gasteiger charge is -2.20. The second kappa shape index (κ2) is 10.1. The predicted octanol–water partition coefficient (Wildman–Crippen LogP) is 4.32. The van der Waals surface area contributed by atoms with Crippen molar-refractivity contribution in [2.75, 3.05) is 36.2 Å². The summed E-state index contributed by atoms with van der Waals surface area (Å²) in [5.41, 5.74) is 2.68. The number of carbonyl (C=O) groups is 2. The number of benzene rings is 2. The van der Waals surface area contributed by atoms with E-state index in [1.54, 1.807) is 24.1 Å². The van der Waals surface area contributed by atoms with Crippen molar-refractivity contribution in [3.05, 3.63) is 54.0 Å². The monoisotopic (exact) mass is 496 g/mol. The van der Waals surface area contributed by atoms with Gasteiger partial charge in [0, 0.05) is 28.1 Å². The van der Waals surface area contributed by atoms with Crippen LogP contribution in [-0.2, 0) is 16.1 Å². The van der Waals surface area contributed by atoms with Gasteiger partial charge >= 0.3 is 6.09 Å². The van der Waals surface area contributed by atoms with Gasteiger partial charge in [0.05, 0.1) is 36.8 Å². The van der Waals surface area contributed by atoms with Gasteiger partial charge in [-0.2, -0.15) is 0 Å². The van der Waals surface area contributed by atoms with Crippen molar-refractivity contribution < 1.29 is 23.5 Å². The summed E-state index contributed by atoms with van der Waals surface area (Å²) < 4.78 is 25.3. The number of thioether (sulfide) groups is 1. The molecule has 1 fully saturated rings. The van der Waals surface area contributed by atoms with E-state index in [2.05, 4.69) is 15.6 Å². The fraction of sp³-hybridized carbons (Fsp3) is 0.320. The van der Waals surface area contributed by atoms with E-state index in [1.807, 2.05) is 24.3 Å². The number of hydrogen-bond donors (Lipinski definition) is 2. The van der Waals surface area contributed by atoms with Crippen molar-refractivity contribution in [3.63, 3.8) is 0 Å². The number of halogens is 1. The number of ether oxygens (including phenoxy) is 2. The first-order valence-corrected chi connectivity index (χ1v) is 12.4. The molecule has 3 aromatic rings. The van der Waals surface area contributed by atoms with Gasteiger partial charge in [-0.1, -0.05) is 0 Å².